The summed E-state index contributed by atoms with van der Waals surface area (Å²) >= 11 is 1.61. The SMILES string of the molecule is C=CCSCC(=O)NCC1CCCN(Cc2ccccc2)C1. The summed E-state index contributed by atoms with van der Waals surface area (Å²) in [4.78, 5) is 14.3. The highest BCUT2D eigenvalue weighted by Gasteiger charge is 2.20. The number of benzene rings is 1. The number of amides is 1. The molecule has 4 heteroatoms. The van der Waals surface area contributed by atoms with E-state index in [4.69, 9.17) is 0 Å². The number of carbonyl (C=O) groups excluding carboxylic acids is 1. The molecule has 1 fully saturated rings. The lowest BCUT2D eigenvalue weighted by molar-refractivity contribution is -0.118. The van der Waals surface area contributed by atoms with Gasteiger partial charge in [0.05, 0.1) is 5.75 Å². The van der Waals surface area contributed by atoms with E-state index in [0.717, 1.165) is 31.9 Å². The van der Waals surface area contributed by atoms with Gasteiger partial charge in [-0.1, -0.05) is 36.4 Å². The molecule has 3 nitrogen and oxygen atoms in total. The quantitative estimate of drug-likeness (QED) is 0.591. The lowest BCUT2D eigenvalue weighted by Gasteiger charge is -2.32. The fraction of sp³-hybridized carbons (Fsp3) is 0.500. The molecular formula is C18H26N2OS. The highest BCUT2D eigenvalue weighted by molar-refractivity contribution is 8.00. The zero-order valence-corrected chi connectivity index (χ0v) is 14.0. The molecule has 0 bridgehead atoms. The number of thioether (sulfide) groups is 1. The maximum absolute atomic E-state index is 11.8. The van der Waals surface area contributed by atoms with Crippen molar-refractivity contribution in [2.45, 2.75) is 19.4 Å². The first-order valence-corrected chi connectivity index (χ1v) is 9.15. The van der Waals surface area contributed by atoms with Crippen LogP contribution in [0.2, 0.25) is 0 Å². The van der Waals surface area contributed by atoms with Crippen LogP contribution in [-0.4, -0.2) is 41.9 Å². The normalized spacial score (nSPS) is 18.8. The number of rotatable bonds is 8. The first-order valence-electron chi connectivity index (χ1n) is 7.99. The second kappa shape index (κ2) is 9.70. The molecule has 1 saturated heterocycles. The monoisotopic (exact) mass is 318 g/mol. The number of nitrogens with one attached hydrogen (secondary N) is 1. The summed E-state index contributed by atoms with van der Waals surface area (Å²) in [6, 6.07) is 10.6. The van der Waals surface area contributed by atoms with Crippen LogP contribution in [0.25, 0.3) is 0 Å². The van der Waals surface area contributed by atoms with Crippen LogP contribution in [0.15, 0.2) is 43.0 Å². The van der Waals surface area contributed by atoms with Crippen LogP contribution >= 0.6 is 11.8 Å². The Morgan fingerprint density at radius 2 is 2.23 bits per heavy atom. The van der Waals surface area contributed by atoms with E-state index >= 15 is 0 Å². The maximum atomic E-state index is 11.8. The highest BCUT2D eigenvalue weighted by atomic mass is 32.2. The Bertz CT molecular complexity index is 463. The van der Waals surface area contributed by atoms with E-state index in [9.17, 15) is 4.79 Å². The van der Waals surface area contributed by atoms with Crippen molar-refractivity contribution in [3.8, 4) is 0 Å². The van der Waals surface area contributed by atoms with E-state index in [1.54, 1.807) is 11.8 Å². The maximum Gasteiger partial charge on any atom is 0.230 e. The van der Waals surface area contributed by atoms with Gasteiger partial charge < -0.3 is 5.32 Å². The van der Waals surface area contributed by atoms with Crippen LogP contribution < -0.4 is 5.32 Å². The summed E-state index contributed by atoms with van der Waals surface area (Å²) < 4.78 is 0. The average Bonchev–Trinajstić information content (AvgIpc) is 2.55. The molecule has 2 rings (SSSR count). The van der Waals surface area contributed by atoms with Crippen LogP contribution in [-0.2, 0) is 11.3 Å². The molecular weight excluding hydrogens is 292 g/mol. The predicted molar refractivity (Wildman–Crippen MR) is 95.0 cm³/mol. The van der Waals surface area contributed by atoms with E-state index in [0.29, 0.717) is 11.7 Å². The third kappa shape index (κ3) is 6.24. The van der Waals surface area contributed by atoms with Gasteiger partial charge in [0.1, 0.15) is 0 Å². The van der Waals surface area contributed by atoms with Crippen LogP contribution in [0.4, 0.5) is 0 Å². The smallest absolute Gasteiger partial charge is 0.230 e. The summed E-state index contributed by atoms with van der Waals surface area (Å²) in [6.07, 6.45) is 4.27. The van der Waals surface area contributed by atoms with E-state index < -0.39 is 0 Å². The number of hydrogen-bond acceptors (Lipinski definition) is 3. The average molecular weight is 318 g/mol. The van der Waals surface area contributed by atoms with Crippen molar-refractivity contribution in [2.24, 2.45) is 5.92 Å². The minimum absolute atomic E-state index is 0.145. The van der Waals surface area contributed by atoms with E-state index in [2.05, 4.69) is 47.1 Å². The third-order valence-electron chi connectivity index (χ3n) is 3.91. The lowest BCUT2D eigenvalue weighted by atomic mass is 9.97. The van der Waals surface area contributed by atoms with Crippen molar-refractivity contribution in [3.05, 3.63) is 48.6 Å². The zero-order valence-electron chi connectivity index (χ0n) is 13.2. The van der Waals surface area contributed by atoms with Gasteiger partial charge in [-0.25, -0.2) is 0 Å². The molecule has 1 atom stereocenters. The largest absolute Gasteiger partial charge is 0.355 e. The predicted octanol–water partition coefficient (Wildman–Crippen LogP) is 2.93. The van der Waals surface area contributed by atoms with Gasteiger partial charge in [0.25, 0.3) is 0 Å². The van der Waals surface area contributed by atoms with Crippen molar-refractivity contribution >= 4 is 17.7 Å². The van der Waals surface area contributed by atoms with Gasteiger partial charge in [-0.15, -0.1) is 18.3 Å². The molecule has 22 heavy (non-hydrogen) atoms. The molecule has 1 unspecified atom stereocenters. The molecule has 1 aromatic carbocycles. The standard InChI is InChI=1S/C18H26N2OS/c1-2-11-22-15-18(21)19-12-17-9-6-10-20(14-17)13-16-7-4-3-5-8-16/h2-5,7-8,17H,1,6,9-15H2,(H,19,21). The zero-order chi connectivity index (χ0) is 15.6. The van der Waals surface area contributed by atoms with Crippen molar-refractivity contribution in [1.29, 1.82) is 0 Å². The molecule has 0 spiro atoms. The number of piperidine rings is 1. The Labute approximate surface area is 138 Å². The van der Waals surface area contributed by atoms with Crippen molar-refractivity contribution in [2.75, 3.05) is 31.1 Å². The molecule has 1 amide bonds. The Kier molecular flexibility index (Phi) is 7.54. The van der Waals surface area contributed by atoms with Gasteiger partial charge in [-0.3, -0.25) is 9.69 Å². The van der Waals surface area contributed by atoms with Crippen molar-refractivity contribution in [3.63, 3.8) is 0 Å². The molecule has 0 radical (unpaired) electrons. The number of carbonyl (C=O) groups is 1. The second-order valence-electron chi connectivity index (χ2n) is 5.84. The second-order valence-corrected chi connectivity index (χ2v) is 6.87. The number of nitrogens with zero attached hydrogens (tertiary/aromatic N) is 1. The van der Waals surface area contributed by atoms with Crippen LogP contribution in [0.3, 0.4) is 0 Å². The number of likely N-dealkylation sites (tertiary alicyclic amines) is 1. The highest BCUT2D eigenvalue weighted by Crippen LogP contribution is 2.18. The summed E-state index contributed by atoms with van der Waals surface area (Å²) in [5.41, 5.74) is 1.37. The molecule has 1 N–H and O–H groups in total. The van der Waals surface area contributed by atoms with Gasteiger partial charge in [-0.05, 0) is 30.9 Å². The van der Waals surface area contributed by atoms with E-state index in [1.807, 2.05) is 6.08 Å². The van der Waals surface area contributed by atoms with Gasteiger partial charge >= 0.3 is 0 Å². The molecule has 120 valence electrons. The van der Waals surface area contributed by atoms with Crippen LogP contribution in [0.1, 0.15) is 18.4 Å². The summed E-state index contributed by atoms with van der Waals surface area (Å²) in [5, 5.41) is 3.07. The number of hydrogen-bond donors (Lipinski definition) is 1. The summed E-state index contributed by atoms with van der Waals surface area (Å²) in [7, 11) is 0. The van der Waals surface area contributed by atoms with E-state index in [-0.39, 0.29) is 5.91 Å². The first-order chi connectivity index (χ1) is 10.8. The molecule has 0 aliphatic carbocycles. The first kappa shape index (κ1) is 17.1. The Hall–Kier alpha value is -1.26. The topological polar surface area (TPSA) is 32.3 Å². The molecule has 0 aromatic heterocycles. The van der Waals surface area contributed by atoms with Crippen molar-refractivity contribution < 1.29 is 4.79 Å². The molecule has 1 aliphatic rings. The Morgan fingerprint density at radius 3 is 3.00 bits per heavy atom. The minimum Gasteiger partial charge on any atom is -0.355 e. The molecule has 1 heterocycles. The molecule has 1 aromatic rings. The lowest BCUT2D eigenvalue weighted by Crippen LogP contribution is -2.40. The van der Waals surface area contributed by atoms with Crippen LogP contribution in [0, 0.1) is 5.92 Å². The molecule has 1 aliphatic heterocycles. The van der Waals surface area contributed by atoms with Gasteiger partial charge in [-0.2, -0.15) is 0 Å². The van der Waals surface area contributed by atoms with Crippen LogP contribution in [0.5, 0.6) is 0 Å². The summed E-state index contributed by atoms with van der Waals surface area (Å²) in [6.45, 7) is 7.72. The minimum atomic E-state index is 0.145. The fourth-order valence-electron chi connectivity index (χ4n) is 2.85. The van der Waals surface area contributed by atoms with Crippen molar-refractivity contribution in [1.82, 2.24) is 10.2 Å². The Balaban J connectivity index is 1.69. The fourth-order valence-corrected chi connectivity index (χ4v) is 3.42. The van der Waals surface area contributed by atoms with Gasteiger partial charge in [0.2, 0.25) is 5.91 Å². The van der Waals surface area contributed by atoms with Gasteiger partial charge in [0.15, 0.2) is 0 Å². The summed E-state index contributed by atoms with van der Waals surface area (Å²) in [5.74, 6) is 2.09. The third-order valence-corrected chi connectivity index (χ3v) is 4.85. The van der Waals surface area contributed by atoms with Gasteiger partial charge in [0, 0.05) is 25.4 Å². The Morgan fingerprint density at radius 1 is 1.41 bits per heavy atom. The van der Waals surface area contributed by atoms with E-state index in [1.165, 1.54) is 18.4 Å². The molecule has 0 saturated carbocycles.